The topological polar surface area (TPSA) is 29.5 Å². The number of halogens is 1. The van der Waals surface area contributed by atoms with Crippen molar-refractivity contribution >= 4 is 23.1 Å². The molecule has 0 saturated carbocycles. The molecule has 1 aliphatic heterocycles. The number of carbonyl (C=O) groups is 1. The number of ketones is 1. The molecule has 0 N–H and O–H groups in total. The molecular formula is C29H22ClNO2. The Morgan fingerprint density at radius 2 is 1.39 bits per heavy atom. The van der Waals surface area contributed by atoms with E-state index < -0.39 is 11.5 Å². The number of nitrogens with zero attached hydrogens (tertiary/aromatic N) is 1. The summed E-state index contributed by atoms with van der Waals surface area (Å²) in [6.07, 6.45) is 0.151. The number of carbonyl (C=O) groups excluding carboxylic acids is 1. The molecule has 4 heteroatoms. The number of para-hydroxylation sites is 1. The Balaban J connectivity index is 1.60. The van der Waals surface area contributed by atoms with Gasteiger partial charge in [-0.15, -0.1) is 0 Å². The first-order chi connectivity index (χ1) is 16.2. The van der Waals surface area contributed by atoms with Crippen molar-refractivity contribution < 1.29 is 9.63 Å². The Morgan fingerprint density at radius 1 is 0.758 bits per heavy atom. The van der Waals surface area contributed by atoms with Crippen LogP contribution in [0.4, 0.5) is 5.69 Å². The normalized spacial score (nSPS) is 23.8. The van der Waals surface area contributed by atoms with E-state index in [9.17, 15) is 4.79 Å². The number of benzene rings is 4. The van der Waals surface area contributed by atoms with Crippen LogP contribution in [0.2, 0.25) is 5.02 Å². The second kappa shape index (κ2) is 7.87. The second-order valence-corrected chi connectivity index (χ2v) is 9.15. The van der Waals surface area contributed by atoms with Gasteiger partial charge in [-0.25, -0.2) is 5.06 Å². The fourth-order valence-corrected chi connectivity index (χ4v) is 5.57. The standard InChI is InChI=1S/C29H22ClNO2/c30-23-17-15-21(16-18-23)28-29(19-22-11-7-8-14-25(22)27(29)32)26(20-9-3-1-4-10-20)31(33-28)24-12-5-2-6-13-24/h1-18,26,28H,19H2/t26-,28+,29+/m1/s1. The lowest BCUT2D eigenvalue weighted by Crippen LogP contribution is -2.39. The lowest BCUT2D eigenvalue weighted by atomic mass is 9.68. The molecule has 1 saturated heterocycles. The minimum Gasteiger partial charge on any atom is -0.293 e. The number of rotatable bonds is 3. The second-order valence-electron chi connectivity index (χ2n) is 8.71. The third-order valence-electron chi connectivity index (χ3n) is 6.88. The zero-order chi connectivity index (χ0) is 22.4. The fourth-order valence-electron chi connectivity index (χ4n) is 5.44. The molecule has 4 aromatic rings. The van der Waals surface area contributed by atoms with Gasteiger partial charge in [0.05, 0.1) is 17.1 Å². The molecule has 4 aromatic carbocycles. The van der Waals surface area contributed by atoms with Crippen molar-refractivity contribution in [1.29, 1.82) is 0 Å². The summed E-state index contributed by atoms with van der Waals surface area (Å²) >= 11 is 6.20. The largest absolute Gasteiger partial charge is 0.293 e. The molecule has 0 aromatic heterocycles. The number of hydrogen-bond donors (Lipinski definition) is 0. The van der Waals surface area contributed by atoms with Crippen molar-refractivity contribution in [3.8, 4) is 0 Å². The van der Waals surface area contributed by atoms with Crippen molar-refractivity contribution in [2.45, 2.75) is 18.6 Å². The molecule has 2 aliphatic rings. The lowest BCUT2D eigenvalue weighted by molar-refractivity contribution is 0.0342. The summed E-state index contributed by atoms with van der Waals surface area (Å²) in [5.74, 6) is 0.130. The molecular weight excluding hydrogens is 430 g/mol. The van der Waals surface area contributed by atoms with Crippen LogP contribution in [0.5, 0.6) is 0 Å². The highest BCUT2D eigenvalue weighted by atomic mass is 35.5. The summed E-state index contributed by atoms with van der Waals surface area (Å²) in [5.41, 5.74) is 3.97. The van der Waals surface area contributed by atoms with E-state index in [2.05, 4.69) is 18.2 Å². The molecule has 0 radical (unpaired) electrons. The van der Waals surface area contributed by atoms with Crippen LogP contribution in [0.3, 0.4) is 0 Å². The van der Waals surface area contributed by atoms with Crippen LogP contribution >= 0.6 is 11.6 Å². The molecule has 0 unspecified atom stereocenters. The van der Waals surface area contributed by atoms with Crippen LogP contribution in [0.25, 0.3) is 0 Å². The first-order valence-electron chi connectivity index (χ1n) is 11.1. The van der Waals surface area contributed by atoms with Gasteiger partial charge < -0.3 is 0 Å². The van der Waals surface area contributed by atoms with E-state index in [1.807, 2.05) is 96.1 Å². The van der Waals surface area contributed by atoms with E-state index in [4.69, 9.17) is 16.4 Å². The molecule has 1 fully saturated rings. The van der Waals surface area contributed by atoms with Crippen LogP contribution < -0.4 is 5.06 Å². The molecule has 1 heterocycles. The average molecular weight is 452 g/mol. The van der Waals surface area contributed by atoms with Crippen molar-refractivity contribution in [3.05, 3.63) is 136 Å². The van der Waals surface area contributed by atoms with Crippen molar-refractivity contribution in [2.75, 3.05) is 5.06 Å². The Bertz CT molecular complexity index is 1310. The highest BCUT2D eigenvalue weighted by molar-refractivity contribution is 6.30. The summed E-state index contributed by atoms with van der Waals surface area (Å²) in [6, 6.07) is 35.6. The maximum Gasteiger partial charge on any atom is 0.175 e. The highest BCUT2D eigenvalue weighted by Crippen LogP contribution is 2.62. The number of anilines is 1. The monoisotopic (exact) mass is 451 g/mol. The van der Waals surface area contributed by atoms with Crippen molar-refractivity contribution in [1.82, 2.24) is 0 Å². The zero-order valence-corrected chi connectivity index (χ0v) is 18.7. The van der Waals surface area contributed by atoms with E-state index >= 15 is 0 Å². The van der Waals surface area contributed by atoms with E-state index in [0.29, 0.717) is 11.4 Å². The number of fused-ring (bicyclic) bond motifs is 1. The number of hydrogen-bond acceptors (Lipinski definition) is 3. The van der Waals surface area contributed by atoms with E-state index in [1.165, 1.54) is 0 Å². The van der Waals surface area contributed by atoms with E-state index in [0.717, 1.165) is 27.9 Å². The molecule has 3 nitrogen and oxygen atoms in total. The predicted molar refractivity (Wildman–Crippen MR) is 130 cm³/mol. The summed E-state index contributed by atoms with van der Waals surface area (Å²) in [7, 11) is 0. The lowest BCUT2D eigenvalue weighted by Gasteiger charge is -2.34. The van der Waals surface area contributed by atoms with Crippen LogP contribution in [0, 0.1) is 5.41 Å². The smallest absolute Gasteiger partial charge is 0.175 e. The minimum absolute atomic E-state index is 0.130. The maximum atomic E-state index is 14.3. The summed E-state index contributed by atoms with van der Waals surface area (Å²) in [6.45, 7) is 0. The van der Waals surface area contributed by atoms with Crippen LogP contribution in [0.1, 0.15) is 39.2 Å². The number of Topliss-reactive ketones (excluding diaryl/α,β-unsaturated/α-hetero) is 1. The predicted octanol–water partition coefficient (Wildman–Crippen LogP) is 7.00. The Hall–Kier alpha value is -3.40. The Labute approximate surface area is 198 Å². The fraction of sp³-hybridized carbons (Fsp3) is 0.138. The van der Waals surface area contributed by atoms with Crippen LogP contribution in [-0.4, -0.2) is 5.78 Å². The summed E-state index contributed by atoms with van der Waals surface area (Å²) < 4.78 is 0. The van der Waals surface area contributed by atoms with E-state index in [1.54, 1.807) is 0 Å². The molecule has 162 valence electrons. The van der Waals surface area contributed by atoms with Gasteiger partial charge in [0, 0.05) is 10.6 Å². The van der Waals surface area contributed by atoms with Crippen LogP contribution in [0.15, 0.2) is 109 Å². The first-order valence-corrected chi connectivity index (χ1v) is 11.5. The van der Waals surface area contributed by atoms with Gasteiger partial charge in [0.1, 0.15) is 6.10 Å². The van der Waals surface area contributed by atoms with Gasteiger partial charge in [-0.2, -0.15) is 0 Å². The minimum atomic E-state index is -0.811. The van der Waals surface area contributed by atoms with Gasteiger partial charge in [0.25, 0.3) is 0 Å². The molecule has 1 aliphatic carbocycles. The first kappa shape index (κ1) is 20.2. The SMILES string of the molecule is O=C1c2ccccc2C[C@@]12[C@H](c1ccc(Cl)cc1)ON(c1ccccc1)[C@@H]2c1ccccc1. The molecule has 6 rings (SSSR count). The van der Waals surface area contributed by atoms with Crippen LogP contribution in [-0.2, 0) is 11.3 Å². The Kier molecular flexibility index (Phi) is 4.83. The highest BCUT2D eigenvalue weighted by Gasteiger charge is 2.64. The third-order valence-corrected chi connectivity index (χ3v) is 7.13. The molecule has 0 bridgehead atoms. The molecule has 3 atom stereocenters. The van der Waals surface area contributed by atoms with Crippen molar-refractivity contribution in [3.63, 3.8) is 0 Å². The van der Waals surface area contributed by atoms with Gasteiger partial charge in [0.2, 0.25) is 0 Å². The summed E-state index contributed by atoms with van der Waals surface area (Å²) in [5, 5.41) is 2.60. The maximum absolute atomic E-state index is 14.3. The van der Waals surface area contributed by atoms with Gasteiger partial charge in [0.15, 0.2) is 5.78 Å². The van der Waals surface area contributed by atoms with Gasteiger partial charge in [-0.05, 0) is 47.4 Å². The molecule has 0 amide bonds. The molecule has 1 spiro atoms. The summed E-state index contributed by atoms with van der Waals surface area (Å²) in [4.78, 5) is 21.0. The van der Waals surface area contributed by atoms with Gasteiger partial charge >= 0.3 is 0 Å². The zero-order valence-electron chi connectivity index (χ0n) is 17.9. The van der Waals surface area contributed by atoms with Crippen molar-refractivity contribution in [2.24, 2.45) is 5.41 Å². The quantitative estimate of drug-likeness (QED) is 0.336. The molecule has 33 heavy (non-hydrogen) atoms. The third kappa shape index (κ3) is 3.12. The van der Waals surface area contributed by atoms with Gasteiger partial charge in [-0.3, -0.25) is 9.63 Å². The number of hydroxylamine groups is 1. The van der Waals surface area contributed by atoms with E-state index in [-0.39, 0.29) is 11.8 Å². The van der Waals surface area contributed by atoms with Gasteiger partial charge in [-0.1, -0.05) is 96.5 Å². The Morgan fingerprint density at radius 3 is 2.09 bits per heavy atom. The average Bonchev–Trinajstić information content (AvgIpc) is 3.36.